The van der Waals surface area contributed by atoms with Gasteiger partial charge in [0, 0.05) is 57.8 Å². The highest BCUT2D eigenvalue weighted by Crippen LogP contribution is 2.46. The number of hydrogen-bond acceptors (Lipinski definition) is 7. The van der Waals surface area contributed by atoms with Gasteiger partial charge in [-0.1, -0.05) is 23.2 Å². The molecule has 0 spiro atoms. The molecule has 1 atom stereocenters. The Kier molecular flexibility index (Phi) is 7.78. The second-order valence-electron chi connectivity index (χ2n) is 10.9. The number of halogens is 2. The first-order valence-electron chi connectivity index (χ1n) is 13.1. The largest absolute Gasteiger partial charge is 0.496 e. The van der Waals surface area contributed by atoms with Crippen molar-refractivity contribution in [2.45, 2.75) is 45.2 Å². The van der Waals surface area contributed by atoms with Gasteiger partial charge in [0.05, 0.1) is 13.2 Å². The summed E-state index contributed by atoms with van der Waals surface area (Å²) >= 11 is 12.5. The number of fused-ring (bicyclic) bond motifs is 2. The molecule has 1 unspecified atom stereocenters. The number of nitrogens with zero attached hydrogens (tertiary/aromatic N) is 5. The van der Waals surface area contributed by atoms with Crippen LogP contribution < -0.4 is 9.47 Å². The summed E-state index contributed by atoms with van der Waals surface area (Å²) in [5, 5.41) is 10.8. The van der Waals surface area contributed by atoms with Crippen LogP contribution in [0, 0.1) is 11.3 Å². The molecule has 5 rings (SSSR count). The first-order valence-corrected chi connectivity index (χ1v) is 13.9. The van der Waals surface area contributed by atoms with Gasteiger partial charge in [0.15, 0.2) is 5.69 Å². The molecule has 41 heavy (non-hydrogen) atoms. The molecule has 0 aliphatic carbocycles. The van der Waals surface area contributed by atoms with E-state index in [9.17, 15) is 10.1 Å². The molecular weight excluding hydrogens is 561 g/mol. The second kappa shape index (κ2) is 11.2. The average Bonchev–Trinajstić information content (AvgIpc) is 3.32. The molecule has 1 amide bonds. The molecule has 2 aliphatic rings. The van der Waals surface area contributed by atoms with Crippen LogP contribution in [0.3, 0.4) is 0 Å². The van der Waals surface area contributed by atoms with E-state index < -0.39 is 5.54 Å². The summed E-state index contributed by atoms with van der Waals surface area (Å²) in [7, 11) is 3.34. The van der Waals surface area contributed by atoms with Crippen molar-refractivity contribution in [3.63, 3.8) is 0 Å². The maximum absolute atomic E-state index is 13.7. The van der Waals surface area contributed by atoms with Gasteiger partial charge in [-0.25, -0.2) is 4.98 Å². The van der Waals surface area contributed by atoms with Gasteiger partial charge in [0.2, 0.25) is 0 Å². The van der Waals surface area contributed by atoms with Crippen LogP contribution in [-0.2, 0) is 11.2 Å². The summed E-state index contributed by atoms with van der Waals surface area (Å²) in [4.78, 5) is 29.0. The average molecular weight is 591 g/mol. The molecule has 3 heterocycles. The number of aryl methyl sites for hydroxylation is 1. The van der Waals surface area contributed by atoms with Gasteiger partial charge < -0.3 is 14.4 Å². The number of benzene rings is 2. The summed E-state index contributed by atoms with van der Waals surface area (Å²) in [6, 6.07) is 11.0. The lowest BCUT2D eigenvalue weighted by Crippen LogP contribution is -2.46. The predicted octanol–water partition coefficient (Wildman–Crippen LogP) is 6.19. The lowest BCUT2D eigenvalue weighted by Gasteiger charge is -2.32. The van der Waals surface area contributed by atoms with Crippen LogP contribution in [-0.4, -0.2) is 58.8 Å². The number of amides is 1. The summed E-state index contributed by atoms with van der Waals surface area (Å²) in [6.45, 7) is 6.14. The number of aromatic nitrogens is 2. The van der Waals surface area contributed by atoms with E-state index in [1.54, 1.807) is 31.2 Å². The van der Waals surface area contributed by atoms with Crippen molar-refractivity contribution in [1.29, 1.82) is 5.26 Å². The number of ether oxygens (including phenoxy) is 2. The molecule has 0 saturated heterocycles. The minimum Gasteiger partial charge on any atom is -0.496 e. The number of carbonyl (C=O) groups excluding carboxylic acids is 1. The zero-order valence-electron chi connectivity index (χ0n) is 23.5. The summed E-state index contributed by atoms with van der Waals surface area (Å²) in [6.07, 6.45) is 4.26. The van der Waals surface area contributed by atoms with E-state index in [1.165, 1.54) is 12.4 Å². The van der Waals surface area contributed by atoms with Gasteiger partial charge in [0.1, 0.15) is 35.6 Å². The molecule has 2 aliphatic heterocycles. The van der Waals surface area contributed by atoms with E-state index in [0.717, 1.165) is 22.3 Å². The van der Waals surface area contributed by atoms with Crippen molar-refractivity contribution >= 4 is 40.4 Å². The molecule has 0 bridgehead atoms. The van der Waals surface area contributed by atoms with Gasteiger partial charge in [-0.15, -0.1) is 0 Å². The Morgan fingerprint density at radius 2 is 1.83 bits per heavy atom. The molecular formula is C31H29Cl2N5O3. The lowest BCUT2D eigenvalue weighted by molar-refractivity contribution is -0.126. The minimum atomic E-state index is -0.399. The predicted molar refractivity (Wildman–Crippen MR) is 160 cm³/mol. The molecule has 0 saturated carbocycles. The van der Waals surface area contributed by atoms with Gasteiger partial charge in [-0.05, 0) is 69.0 Å². The summed E-state index contributed by atoms with van der Waals surface area (Å²) < 4.78 is 11.9. The van der Waals surface area contributed by atoms with E-state index in [4.69, 9.17) is 37.7 Å². The zero-order chi connectivity index (χ0) is 29.5. The fourth-order valence-electron chi connectivity index (χ4n) is 5.04. The van der Waals surface area contributed by atoms with Crippen LogP contribution in [0.1, 0.15) is 44.0 Å². The standard InChI is InChI=1S/C31H29Cl2N5O3/c1-31(2,3)38(4)30(39)29-22-16-41-26-14-25(40-5)21(28-24(15-34)35-8-9-36-28)13-20(26)27(22)23(37-29)7-6-17-10-18(32)12-19(33)11-17/h8-14,23H,6-7,16H2,1-5H3. The summed E-state index contributed by atoms with van der Waals surface area (Å²) in [5.74, 6) is 0.938. The highest BCUT2D eigenvalue weighted by Gasteiger charge is 2.39. The molecule has 210 valence electrons. The van der Waals surface area contributed by atoms with E-state index in [-0.39, 0.29) is 24.2 Å². The van der Waals surface area contributed by atoms with Crippen LogP contribution >= 0.6 is 23.2 Å². The summed E-state index contributed by atoms with van der Waals surface area (Å²) in [5.41, 5.74) is 4.59. The number of hydrogen-bond donors (Lipinski definition) is 0. The third kappa shape index (κ3) is 5.52. The molecule has 10 heteroatoms. The first kappa shape index (κ1) is 28.6. The van der Waals surface area contributed by atoms with Crippen molar-refractivity contribution in [2.75, 3.05) is 20.8 Å². The Balaban J connectivity index is 1.63. The van der Waals surface area contributed by atoms with Crippen molar-refractivity contribution in [1.82, 2.24) is 14.9 Å². The Hall–Kier alpha value is -3.93. The molecule has 8 nitrogen and oxygen atoms in total. The van der Waals surface area contributed by atoms with Crippen LogP contribution in [0.15, 0.2) is 53.3 Å². The van der Waals surface area contributed by atoms with Crippen LogP contribution in [0.4, 0.5) is 0 Å². The third-order valence-corrected chi connectivity index (χ3v) is 7.83. The molecule has 0 N–H and O–H groups in total. The number of carbonyl (C=O) groups is 1. The molecule has 2 aromatic carbocycles. The maximum atomic E-state index is 13.7. The van der Waals surface area contributed by atoms with Crippen LogP contribution in [0.25, 0.3) is 16.8 Å². The monoisotopic (exact) mass is 589 g/mol. The van der Waals surface area contributed by atoms with Crippen molar-refractivity contribution in [3.05, 3.63) is 75.2 Å². The fraction of sp³-hybridized carbons (Fsp3) is 0.323. The van der Waals surface area contributed by atoms with Crippen LogP contribution in [0.5, 0.6) is 11.5 Å². The highest BCUT2D eigenvalue weighted by molar-refractivity contribution is 6.48. The molecule has 1 aromatic heterocycles. The van der Waals surface area contributed by atoms with Crippen molar-refractivity contribution in [2.24, 2.45) is 4.99 Å². The third-order valence-electron chi connectivity index (χ3n) is 7.39. The van der Waals surface area contributed by atoms with E-state index in [1.807, 2.05) is 39.0 Å². The second-order valence-corrected chi connectivity index (χ2v) is 11.8. The Morgan fingerprint density at radius 1 is 1.12 bits per heavy atom. The van der Waals surface area contributed by atoms with E-state index >= 15 is 0 Å². The molecule has 3 aromatic rings. The van der Waals surface area contributed by atoms with Gasteiger partial charge in [0.25, 0.3) is 5.91 Å². The zero-order valence-corrected chi connectivity index (χ0v) is 25.0. The maximum Gasteiger partial charge on any atom is 0.272 e. The molecule has 0 fully saturated rings. The number of aliphatic imine (C=N–C) groups is 1. The SMILES string of the molecule is COc1cc2c(cc1-c1nccnc1C#N)C1=C(CO2)C(C(=O)N(C)C(C)(C)C)=NC1CCc1cc(Cl)cc(Cl)c1. The number of rotatable bonds is 6. The van der Waals surface area contributed by atoms with Crippen molar-refractivity contribution < 1.29 is 14.3 Å². The van der Waals surface area contributed by atoms with Crippen molar-refractivity contribution in [3.8, 4) is 28.8 Å². The van der Waals surface area contributed by atoms with Gasteiger partial charge in [-0.2, -0.15) is 5.26 Å². The van der Waals surface area contributed by atoms with Gasteiger partial charge >= 0.3 is 0 Å². The van der Waals surface area contributed by atoms with E-state index in [2.05, 4.69) is 16.0 Å². The Bertz CT molecular complexity index is 1630. The van der Waals surface area contributed by atoms with Gasteiger partial charge in [-0.3, -0.25) is 14.8 Å². The highest BCUT2D eigenvalue weighted by atomic mass is 35.5. The minimum absolute atomic E-state index is 0.167. The smallest absolute Gasteiger partial charge is 0.272 e. The number of methoxy groups -OCH3 is 1. The fourth-order valence-corrected chi connectivity index (χ4v) is 5.61. The first-order chi connectivity index (χ1) is 19.5. The number of nitriles is 1. The van der Waals surface area contributed by atoms with E-state index in [0.29, 0.717) is 51.4 Å². The molecule has 0 radical (unpaired) electrons. The Labute approximate surface area is 249 Å². The lowest BCUT2D eigenvalue weighted by atomic mass is 9.87. The Morgan fingerprint density at radius 3 is 2.49 bits per heavy atom. The topological polar surface area (TPSA) is 101 Å². The normalized spacial score (nSPS) is 15.9. The van der Waals surface area contributed by atoms with Crippen LogP contribution in [0.2, 0.25) is 10.0 Å². The quantitative estimate of drug-likeness (QED) is 0.340.